The summed E-state index contributed by atoms with van der Waals surface area (Å²) < 4.78 is 3.44. The molecule has 0 aliphatic rings. The predicted molar refractivity (Wildman–Crippen MR) is 80.4 cm³/mol. The van der Waals surface area contributed by atoms with Gasteiger partial charge in [-0.25, -0.2) is 9.55 Å². The molecule has 0 atom stereocenters. The third kappa shape index (κ3) is 2.86. The van der Waals surface area contributed by atoms with Gasteiger partial charge in [0.05, 0.1) is 10.2 Å². The molecule has 0 spiro atoms. The maximum Gasteiger partial charge on any atom is 0.169 e. The summed E-state index contributed by atoms with van der Waals surface area (Å²) in [7, 11) is 0. The smallest absolute Gasteiger partial charge is 0.169 e. The summed E-state index contributed by atoms with van der Waals surface area (Å²) in [4.78, 5) is 4.79. The summed E-state index contributed by atoms with van der Waals surface area (Å²) in [5.41, 5.74) is 4.90. The van der Waals surface area contributed by atoms with Crippen molar-refractivity contribution >= 4 is 21.6 Å². The number of aromatic nitrogens is 2. The average Bonchev–Trinajstić information content (AvgIpc) is 2.83. The fourth-order valence-corrected chi connectivity index (χ4v) is 3.45. The van der Waals surface area contributed by atoms with E-state index in [-0.39, 0.29) is 24.0 Å². The van der Waals surface area contributed by atoms with Crippen LogP contribution in [0.25, 0.3) is 20.8 Å². The summed E-state index contributed by atoms with van der Waals surface area (Å²) in [5.74, 6) is 0. The standard InChI is InChI=1S/C16H17N2S.HI/c1-4-18-7-5-13(6-8-18)16-17-15-12(3)9-11(2)10-14(15)19-16;/h5-10H,4H2,1-3H3;1H/q+1;/p-1. The fourth-order valence-electron chi connectivity index (χ4n) is 2.30. The Morgan fingerprint density at radius 2 is 1.85 bits per heavy atom. The lowest BCUT2D eigenvalue weighted by Crippen LogP contribution is -3.00. The second-order valence-corrected chi connectivity index (χ2v) is 5.90. The second kappa shape index (κ2) is 6.18. The van der Waals surface area contributed by atoms with Gasteiger partial charge < -0.3 is 24.0 Å². The zero-order chi connectivity index (χ0) is 13.4. The summed E-state index contributed by atoms with van der Waals surface area (Å²) in [5, 5.41) is 1.10. The number of hydrogen-bond acceptors (Lipinski definition) is 2. The highest BCUT2D eigenvalue weighted by atomic mass is 127. The first-order valence-electron chi connectivity index (χ1n) is 6.54. The van der Waals surface area contributed by atoms with Gasteiger partial charge in [0.15, 0.2) is 12.4 Å². The van der Waals surface area contributed by atoms with Crippen molar-refractivity contribution in [2.45, 2.75) is 27.3 Å². The molecular formula is C16H17IN2S. The van der Waals surface area contributed by atoms with Gasteiger partial charge in [-0.15, -0.1) is 11.3 Å². The van der Waals surface area contributed by atoms with Crippen molar-refractivity contribution < 1.29 is 28.5 Å². The first kappa shape index (κ1) is 15.4. The van der Waals surface area contributed by atoms with Gasteiger partial charge in [0.2, 0.25) is 0 Å². The van der Waals surface area contributed by atoms with Crippen LogP contribution < -0.4 is 28.5 Å². The highest BCUT2D eigenvalue weighted by Crippen LogP contribution is 2.31. The van der Waals surface area contributed by atoms with Gasteiger partial charge >= 0.3 is 0 Å². The van der Waals surface area contributed by atoms with Crippen LogP contribution in [0, 0.1) is 13.8 Å². The Morgan fingerprint density at radius 3 is 2.50 bits per heavy atom. The van der Waals surface area contributed by atoms with Crippen LogP contribution in [0.4, 0.5) is 0 Å². The van der Waals surface area contributed by atoms with E-state index in [1.54, 1.807) is 11.3 Å². The average molecular weight is 396 g/mol. The third-order valence-electron chi connectivity index (χ3n) is 3.33. The van der Waals surface area contributed by atoms with E-state index in [0.29, 0.717) is 0 Å². The minimum atomic E-state index is 0. The number of hydrogen-bond donors (Lipinski definition) is 0. The Morgan fingerprint density at radius 1 is 1.15 bits per heavy atom. The first-order chi connectivity index (χ1) is 9.17. The van der Waals surface area contributed by atoms with E-state index in [2.05, 4.69) is 62.0 Å². The monoisotopic (exact) mass is 396 g/mol. The Kier molecular flexibility index (Phi) is 4.75. The quantitative estimate of drug-likeness (QED) is 0.465. The summed E-state index contributed by atoms with van der Waals surface area (Å²) >= 11 is 1.77. The topological polar surface area (TPSA) is 16.8 Å². The molecule has 20 heavy (non-hydrogen) atoms. The van der Waals surface area contributed by atoms with E-state index in [0.717, 1.165) is 17.1 Å². The molecule has 3 rings (SSSR count). The van der Waals surface area contributed by atoms with Crippen LogP contribution in [0.2, 0.25) is 0 Å². The van der Waals surface area contributed by atoms with E-state index < -0.39 is 0 Å². The van der Waals surface area contributed by atoms with Crippen LogP contribution in [0.1, 0.15) is 18.1 Å². The highest BCUT2D eigenvalue weighted by Gasteiger charge is 2.09. The Labute approximate surface area is 140 Å². The summed E-state index contributed by atoms with van der Waals surface area (Å²) in [6, 6.07) is 8.70. The lowest BCUT2D eigenvalue weighted by molar-refractivity contribution is -0.693. The number of pyridine rings is 1. The van der Waals surface area contributed by atoms with Crippen molar-refractivity contribution in [3.8, 4) is 10.6 Å². The highest BCUT2D eigenvalue weighted by molar-refractivity contribution is 7.21. The Bertz CT molecular complexity index is 732. The molecule has 2 heterocycles. The zero-order valence-electron chi connectivity index (χ0n) is 11.9. The lowest BCUT2D eigenvalue weighted by atomic mass is 10.1. The largest absolute Gasteiger partial charge is 1.00 e. The number of halogens is 1. The fraction of sp³-hybridized carbons (Fsp3) is 0.250. The van der Waals surface area contributed by atoms with Gasteiger partial charge in [0, 0.05) is 17.7 Å². The van der Waals surface area contributed by atoms with Gasteiger partial charge in [-0.3, -0.25) is 0 Å². The molecule has 0 radical (unpaired) electrons. The van der Waals surface area contributed by atoms with Crippen LogP contribution in [-0.2, 0) is 6.54 Å². The zero-order valence-corrected chi connectivity index (χ0v) is 14.8. The molecule has 0 bridgehead atoms. The Balaban J connectivity index is 0.00000147. The van der Waals surface area contributed by atoms with Crippen molar-refractivity contribution in [2.75, 3.05) is 0 Å². The molecule has 0 N–H and O–H groups in total. The predicted octanol–water partition coefficient (Wildman–Crippen LogP) is 0.892. The maximum absolute atomic E-state index is 4.79. The van der Waals surface area contributed by atoms with E-state index in [1.807, 2.05) is 0 Å². The molecule has 1 aromatic carbocycles. The normalized spacial score (nSPS) is 10.6. The van der Waals surface area contributed by atoms with Crippen molar-refractivity contribution in [3.05, 3.63) is 47.8 Å². The molecule has 0 amide bonds. The molecule has 0 saturated carbocycles. The molecular weight excluding hydrogens is 379 g/mol. The molecule has 0 saturated heterocycles. The van der Waals surface area contributed by atoms with Crippen LogP contribution in [-0.4, -0.2) is 4.98 Å². The minimum absolute atomic E-state index is 0. The number of nitrogens with zero attached hydrogens (tertiary/aromatic N) is 2. The second-order valence-electron chi connectivity index (χ2n) is 4.86. The Hall–Kier alpha value is -1.01. The lowest BCUT2D eigenvalue weighted by Gasteiger charge is -1.96. The molecule has 0 aliphatic heterocycles. The molecule has 2 nitrogen and oxygen atoms in total. The number of fused-ring (bicyclic) bond motifs is 1. The molecule has 104 valence electrons. The van der Waals surface area contributed by atoms with Gasteiger partial charge in [-0.1, -0.05) is 6.07 Å². The van der Waals surface area contributed by atoms with E-state index in [4.69, 9.17) is 4.98 Å². The number of benzene rings is 1. The van der Waals surface area contributed by atoms with Crippen LogP contribution in [0.3, 0.4) is 0 Å². The SMILES string of the molecule is CC[n+]1ccc(-c2nc3c(C)cc(C)cc3s2)cc1.[I-]. The first-order valence-corrected chi connectivity index (χ1v) is 7.36. The number of thiazole rings is 1. The molecule has 0 unspecified atom stereocenters. The molecule has 4 heteroatoms. The van der Waals surface area contributed by atoms with Gasteiger partial charge in [-0.2, -0.15) is 0 Å². The third-order valence-corrected chi connectivity index (χ3v) is 4.38. The van der Waals surface area contributed by atoms with Crippen LogP contribution in [0.5, 0.6) is 0 Å². The van der Waals surface area contributed by atoms with Crippen molar-refractivity contribution in [1.82, 2.24) is 4.98 Å². The number of aryl methyl sites for hydroxylation is 3. The van der Waals surface area contributed by atoms with Crippen LogP contribution in [0.15, 0.2) is 36.7 Å². The van der Waals surface area contributed by atoms with Crippen molar-refractivity contribution in [2.24, 2.45) is 0 Å². The molecule has 3 aromatic rings. The van der Waals surface area contributed by atoms with Gasteiger partial charge in [0.25, 0.3) is 0 Å². The summed E-state index contributed by atoms with van der Waals surface area (Å²) in [6.07, 6.45) is 4.22. The molecule has 2 aromatic heterocycles. The van der Waals surface area contributed by atoms with Gasteiger partial charge in [0.1, 0.15) is 11.6 Å². The van der Waals surface area contributed by atoms with E-state index in [1.165, 1.54) is 21.4 Å². The molecule has 0 fully saturated rings. The van der Waals surface area contributed by atoms with Crippen molar-refractivity contribution in [3.63, 3.8) is 0 Å². The van der Waals surface area contributed by atoms with Gasteiger partial charge in [-0.05, 0) is 38.0 Å². The molecule has 0 aliphatic carbocycles. The maximum atomic E-state index is 4.79. The minimum Gasteiger partial charge on any atom is -1.00 e. The van der Waals surface area contributed by atoms with Crippen LogP contribution >= 0.6 is 11.3 Å². The summed E-state index contributed by atoms with van der Waals surface area (Å²) in [6.45, 7) is 7.41. The van der Waals surface area contributed by atoms with E-state index >= 15 is 0 Å². The van der Waals surface area contributed by atoms with Crippen molar-refractivity contribution in [1.29, 1.82) is 0 Å². The number of rotatable bonds is 2. The van der Waals surface area contributed by atoms with E-state index in [9.17, 15) is 0 Å².